The predicted molar refractivity (Wildman–Crippen MR) is 88.2 cm³/mol. The molecule has 0 amide bonds. The second kappa shape index (κ2) is 7.14. The molecule has 0 aromatic heterocycles. The molecule has 0 aliphatic carbocycles. The molecule has 0 radical (unpaired) electrons. The molecule has 2 aromatic rings. The number of ether oxygens (including phenoxy) is 1. The highest BCUT2D eigenvalue weighted by atomic mass is 16.5. The standard InChI is InChI=1S/C18H24N2O/c1-14(2)20(12-15-7-9-17(19)10-8-15)13-16-5-4-6-18(11-16)21-3/h4-11,14H,12-13,19H2,1-3H3. The van der Waals surface area contributed by atoms with Crippen LogP contribution in [0.5, 0.6) is 5.75 Å². The van der Waals surface area contributed by atoms with Crippen LogP contribution in [0, 0.1) is 0 Å². The highest BCUT2D eigenvalue weighted by molar-refractivity contribution is 5.39. The first kappa shape index (κ1) is 15.4. The van der Waals surface area contributed by atoms with Crippen molar-refractivity contribution in [1.82, 2.24) is 4.90 Å². The van der Waals surface area contributed by atoms with Crippen LogP contribution in [0.3, 0.4) is 0 Å². The fraction of sp³-hybridized carbons (Fsp3) is 0.333. The highest BCUT2D eigenvalue weighted by Gasteiger charge is 2.11. The monoisotopic (exact) mass is 284 g/mol. The molecule has 0 heterocycles. The summed E-state index contributed by atoms with van der Waals surface area (Å²) >= 11 is 0. The van der Waals surface area contributed by atoms with E-state index < -0.39 is 0 Å². The van der Waals surface area contributed by atoms with Crippen molar-refractivity contribution in [3.63, 3.8) is 0 Å². The van der Waals surface area contributed by atoms with E-state index in [9.17, 15) is 0 Å². The van der Waals surface area contributed by atoms with Crippen molar-refractivity contribution in [2.45, 2.75) is 33.0 Å². The topological polar surface area (TPSA) is 38.5 Å². The summed E-state index contributed by atoms with van der Waals surface area (Å²) < 4.78 is 5.30. The maximum atomic E-state index is 5.75. The first-order chi connectivity index (χ1) is 10.1. The number of benzene rings is 2. The van der Waals surface area contributed by atoms with Crippen LogP contribution in [-0.4, -0.2) is 18.1 Å². The average Bonchev–Trinajstić information content (AvgIpc) is 2.49. The van der Waals surface area contributed by atoms with E-state index in [4.69, 9.17) is 10.5 Å². The molecular formula is C18H24N2O. The second-order valence-electron chi connectivity index (χ2n) is 5.59. The second-order valence-corrected chi connectivity index (χ2v) is 5.59. The van der Waals surface area contributed by atoms with E-state index in [2.05, 4.69) is 43.0 Å². The predicted octanol–water partition coefficient (Wildman–Crippen LogP) is 3.69. The van der Waals surface area contributed by atoms with Gasteiger partial charge >= 0.3 is 0 Å². The minimum absolute atomic E-state index is 0.466. The number of anilines is 1. The van der Waals surface area contributed by atoms with Gasteiger partial charge in [0.1, 0.15) is 5.75 Å². The van der Waals surface area contributed by atoms with Crippen molar-refractivity contribution in [1.29, 1.82) is 0 Å². The Kier molecular flexibility index (Phi) is 5.23. The number of hydrogen-bond acceptors (Lipinski definition) is 3. The Balaban J connectivity index is 2.09. The third-order valence-electron chi connectivity index (χ3n) is 3.62. The van der Waals surface area contributed by atoms with Gasteiger partial charge in [0.15, 0.2) is 0 Å². The number of nitrogen functional groups attached to an aromatic ring is 1. The third kappa shape index (κ3) is 4.50. The van der Waals surface area contributed by atoms with Gasteiger partial charge in [-0.1, -0.05) is 24.3 Å². The van der Waals surface area contributed by atoms with Crippen LogP contribution >= 0.6 is 0 Å². The van der Waals surface area contributed by atoms with Crippen molar-refractivity contribution >= 4 is 5.69 Å². The molecule has 112 valence electrons. The Labute approximate surface area is 127 Å². The number of nitrogens with zero attached hydrogens (tertiary/aromatic N) is 1. The Morgan fingerprint density at radius 1 is 1.00 bits per heavy atom. The first-order valence-electron chi connectivity index (χ1n) is 7.30. The molecule has 0 spiro atoms. The van der Waals surface area contributed by atoms with Gasteiger partial charge in [-0.15, -0.1) is 0 Å². The van der Waals surface area contributed by atoms with E-state index in [1.807, 2.05) is 24.3 Å². The number of rotatable bonds is 6. The Bertz CT molecular complexity index is 564. The summed E-state index contributed by atoms with van der Waals surface area (Å²) in [6, 6.07) is 16.8. The highest BCUT2D eigenvalue weighted by Crippen LogP contribution is 2.18. The smallest absolute Gasteiger partial charge is 0.119 e. The molecular weight excluding hydrogens is 260 g/mol. The first-order valence-corrected chi connectivity index (χ1v) is 7.30. The van der Waals surface area contributed by atoms with Crippen molar-refractivity contribution in [2.24, 2.45) is 0 Å². The SMILES string of the molecule is COc1cccc(CN(Cc2ccc(N)cc2)C(C)C)c1. The summed E-state index contributed by atoms with van der Waals surface area (Å²) in [5, 5.41) is 0. The summed E-state index contributed by atoms with van der Waals surface area (Å²) in [5.74, 6) is 0.906. The van der Waals surface area contributed by atoms with Crippen molar-refractivity contribution in [2.75, 3.05) is 12.8 Å². The fourth-order valence-corrected chi connectivity index (χ4v) is 2.28. The van der Waals surface area contributed by atoms with Gasteiger partial charge in [-0.05, 0) is 49.2 Å². The van der Waals surface area contributed by atoms with Crippen LogP contribution in [0.2, 0.25) is 0 Å². The molecule has 0 saturated heterocycles. The lowest BCUT2D eigenvalue weighted by Crippen LogP contribution is -2.29. The van der Waals surface area contributed by atoms with Crippen molar-refractivity contribution in [3.8, 4) is 5.75 Å². The fourth-order valence-electron chi connectivity index (χ4n) is 2.28. The van der Waals surface area contributed by atoms with Crippen molar-refractivity contribution in [3.05, 3.63) is 59.7 Å². The van der Waals surface area contributed by atoms with Gasteiger partial charge in [-0.3, -0.25) is 4.90 Å². The zero-order valence-electron chi connectivity index (χ0n) is 13.0. The lowest BCUT2D eigenvalue weighted by atomic mass is 10.1. The molecule has 0 saturated carbocycles. The van der Waals surface area contributed by atoms with E-state index in [0.717, 1.165) is 24.5 Å². The molecule has 0 fully saturated rings. The van der Waals surface area contributed by atoms with E-state index in [0.29, 0.717) is 6.04 Å². The molecule has 0 aliphatic rings. The van der Waals surface area contributed by atoms with E-state index in [-0.39, 0.29) is 0 Å². The Morgan fingerprint density at radius 3 is 2.29 bits per heavy atom. The van der Waals surface area contributed by atoms with Gasteiger partial charge < -0.3 is 10.5 Å². The van der Waals surface area contributed by atoms with E-state index in [1.54, 1.807) is 7.11 Å². The molecule has 2 aromatic carbocycles. The third-order valence-corrected chi connectivity index (χ3v) is 3.62. The maximum absolute atomic E-state index is 5.75. The van der Waals surface area contributed by atoms with Crippen LogP contribution in [0.1, 0.15) is 25.0 Å². The van der Waals surface area contributed by atoms with Crippen LogP contribution < -0.4 is 10.5 Å². The van der Waals surface area contributed by atoms with E-state index in [1.165, 1.54) is 11.1 Å². The van der Waals surface area contributed by atoms with Crippen LogP contribution in [0.4, 0.5) is 5.69 Å². The number of hydrogen-bond donors (Lipinski definition) is 1. The zero-order chi connectivity index (χ0) is 15.2. The normalized spacial score (nSPS) is 11.1. The van der Waals surface area contributed by atoms with Gasteiger partial charge in [0.2, 0.25) is 0 Å². The summed E-state index contributed by atoms with van der Waals surface area (Å²) in [7, 11) is 1.70. The van der Waals surface area contributed by atoms with Crippen LogP contribution in [0.15, 0.2) is 48.5 Å². The average molecular weight is 284 g/mol. The summed E-state index contributed by atoms with van der Waals surface area (Å²) in [6.07, 6.45) is 0. The Morgan fingerprint density at radius 2 is 1.67 bits per heavy atom. The Hall–Kier alpha value is -2.00. The zero-order valence-corrected chi connectivity index (χ0v) is 13.0. The van der Waals surface area contributed by atoms with Gasteiger partial charge in [0.25, 0.3) is 0 Å². The minimum atomic E-state index is 0.466. The molecule has 0 bridgehead atoms. The molecule has 21 heavy (non-hydrogen) atoms. The molecule has 0 unspecified atom stereocenters. The number of methoxy groups -OCH3 is 1. The van der Waals surface area contributed by atoms with Gasteiger partial charge in [-0.2, -0.15) is 0 Å². The maximum Gasteiger partial charge on any atom is 0.119 e. The molecule has 0 aliphatic heterocycles. The summed E-state index contributed by atoms with van der Waals surface area (Å²) in [5.41, 5.74) is 9.09. The molecule has 3 nitrogen and oxygen atoms in total. The van der Waals surface area contributed by atoms with Crippen molar-refractivity contribution < 1.29 is 4.74 Å². The van der Waals surface area contributed by atoms with Crippen LogP contribution in [0.25, 0.3) is 0 Å². The molecule has 2 N–H and O–H groups in total. The molecule has 2 rings (SSSR count). The largest absolute Gasteiger partial charge is 0.497 e. The van der Waals surface area contributed by atoms with Gasteiger partial charge in [0, 0.05) is 24.8 Å². The lowest BCUT2D eigenvalue weighted by Gasteiger charge is -2.27. The summed E-state index contributed by atoms with van der Waals surface area (Å²) in [6.45, 7) is 6.25. The molecule has 0 atom stereocenters. The van der Waals surface area contributed by atoms with Gasteiger partial charge in [-0.25, -0.2) is 0 Å². The van der Waals surface area contributed by atoms with Gasteiger partial charge in [0.05, 0.1) is 7.11 Å². The van der Waals surface area contributed by atoms with E-state index >= 15 is 0 Å². The number of nitrogens with two attached hydrogens (primary N) is 1. The summed E-state index contributed by atoms with van der Waals surface area (Å²) in [4.78, 5) is 2.43. The lowest BCUT2D eigenvalue weighted by molar-refractivity contribution is 0.203. The quantitative estimate of drug-likeness (QED) is 0.822. The van der Waals surface area contributed by atoms with Crippen LogP contribution in [-0.2, 0) is 13.1 Å². The minimum Gasteiger partial charge on any atom is -0.497 e. The molecule has 3 heteroatoms.